The van der Waals surface area contributed by atoms with Gasteiger partial charge >= 0.3 is 0 Å². The highest BCUT2D eigenvalue weighted by Crippen LogP contribution is 2.33. The first-order valence-electron chi connectivity index (χ1n) is 8.54. The Morgan fingerprint density at radius 3 is 2.85 bits per heavy atom. The lowest BCUT2D eigenvalue weighted by Gasteiger charge is -2.07. The van der Waals surface area contributed by atoms with Crippen LogP contribution in [-0.2, 0) is 6.54 Å². The molecular formula is C20H19N3O4. The van der Waals surface area contributed by atoms with E-state index in [1.807, 2.05) is 38.1 Å². The molecule has 4 rings (SSSR count). The lowest BCUT2D eigenvalue weighted by molar-refractivity contribution is 0.0946. The maximum Gasteiger partial charge on any atom is 0.269 e. The summed E-state index contributed by atoms with van der Waals surface area (Å²) in [4.78, 5) is 12.4. The monoisotopic (exact) mass is 365 g/mol. The largest absolute Gasteiger partial charge is 0.507 e. The quantitative estimate of drug-likeness (QED) is 0.660. The van der Waals surface area contributed by atoms with Crippen molar-refractivity contribution in [2.24, 2.45) is 0 Å². The Kier molecular flexibility index (Phi) is 4.19. The molecule has 1 aromatic heterocycles. The molecule has 7 heteroatoms. The number of aromatic nitrogens is 2. The number of nitrogens with zero attached hydrogens (tertiary/aromatic N) is 1. The number of carbonyl (C=O) groups is 1. The number of phenolic OH excluding ortho intramolecular Hbond substituents is 1. The van der Waals surface area contributed by atoms with E-state index in [0.29, 0.717) is 35.0 Å². The molecule has 0 atom stereocenters. The average Bonchev–Trinajstić information content (AvgIpc) is 3.33. The van der Waals surface area contributed by atoms with E-state index in [0.717, 1.165) is 16.7 Å². The van der Waals surface area contributed by atoms with Crippen LogP contribution in [0, 0.1) is 13.8 Å². The highest BCUT2D eigenvalue weighted by molar-refractivity contribution is 5.93. The van der Waals surface area contributed by atoms with Crippen LogP contribution in [0.25, 0.3) is 11.3 Å². The van der Waals surface area contributed by atoms with Gasteiger partial charge in [0, 0.05) is 12.1 Å². The number of phenols is 1. The van der Waals surface area contributed by atoms with Crippen LogP contribution >= 0.6 is 0 Å². The van der Waals surface area contributed by atoms with E-state index in [9.17, 15) is 9.90 Å². The molecule has 138 valence electrons. The third-order valence-corrected chi connectivity index (χ3v) is 4.69. The number of aryl methyl sites for hydroxylation is 1. The Morgan fingerprint density at radius 2 is 2.00 bits per heavy atom. The molecule has 0 radical (unpaired) electrons. The Balaban J connectivity index is 1.47. The summed E-state index contributed by atoms with van der Waals surface area (Å²) in [6.45, 7) is 4.34. The number of benzene rings is 2. The van der Waals surface area contributed by atoms with Crippen LogP contribution < -0.4 is 14.8 Å². The smallest absolute Gasteiger partial charge is 0.269 e. The van der Waals surface area contributed by atoms with Gasteiger partial charge in [0.25, 0.3) is 5.91 Å². The second-order valence-corrected chi connectivity index (χ2v) is 6.44. The second-order valence-electron chi connectivity index (χ2n) is 6.44. The normalized spacial score (nSPS) is 12.2. The van der Waals surface area contributed by atoms with Crippen LogP contribution in [-0.4, -0.2) is 28.0 Å². The summed E-state index contributed by atoms with van der Waals surface area (Å²) >= 11 is 0. The van der Waals surface area contributed by atoms with Gasteiger partial charge < -0.3 is 19.9 Å². The van der Waals surface area contributed by atoms with Gasteiger partial charge in [-0.15, -0.1) is 0 Å². The zero-order chi connectivity index (χ0) is 19.0. The van der Waals surface area contributed by atoms with Crippen molar-refractivity contribution in [1.82, 2.24) is 15.5 Å². The van der Waals surface area contributed by atoms with E-state index in [1.165, 1.54) is 0 Å². The predicted octanol–water partition coefficient (Wildman–Crippen LogP) is 3.06. The molecule has 7 nitrogen and oxygen atoms in total. The molecule has 3 N–H and O–H groups in total. The van der Waals surface area contributed by atoms with E-state index in [4.69, 9.17) is 9.47 Å². The third-order valence-electron chi connectivity index (χ3n) is 4.69. The Hall–Kier alpha value is -3.48. The molecule has 1 aliphatic rings. The fourth-order valence-electron chi connectivity index (χ4n) is 2.91. The molecule has 0 bridgehead atoms. The van der Waals surface area contributed by atoms with Crippen LogP contribution in [0.1, 0.15) is 27.2 Å². The standard InChI is InChI=1S/C20H19N3O4/c1-11-3-5-14(19(24)12(11)2)15-8-16(23-22-15)20(25)21-9-13-4-6-17-18(7-13)27-10-26-17/h3-8,24H,9-10H2,1-2H3,(H,21,25)(H,22,23). The number of H-pyrrole nitrogens is 1. The highest BCUT2D eigenvalue weighted by Gasteiger charge is 2.16. The van der Waals surface area contributed by atoms with Gasteiger partial charge in [-0.3, -0.25) is 9.89 Å². The third kappa shape index (κ3) is 3.19. The number of carbonyl (C=O) groups excluding carboxylic acids is 1. The van der Waals surface area contributed by atoms with Gasteiger partial charge in [0.1, 0.15) is 11.4 Å². The SMILES string of the molecule is Cc1ccc(-c2cc(C(=O)NCc3ccc4c(c3)OCO4)[nH]n2)c(O)c1C. The summed E-state index contributed by atoms with van der Waals surface area (Å²) in [7, 11) is 0. The van der Waals surface area contributed by atoms with Crippen LogP contribution in [0.4, 0.5) is 0 Å². The lowest BCUT2D eigenvalue weighted by atomic mass is 10.0. The lowest BCUT2D eigenvalue weighted by Crippen LogP contribution is -2.23. The van der Waals surface area contributed by atoms with Gasteiger partial charge in [0.15, 0.2) is 11.5 Å². The Labute approximate surface area is 155 Å². The van der Waals surface area contributed by atoms with Gasteiger partial charge in [-0.1, -0.05) is 12.1 Å². The van der Waals surface area contributed by atoms with Gasteiger partial charge in [-0.05, 0) is 54.8 Å². The van der Waals surface area contributed by atoms with E-state index in [1.54, 1.807) is 12.1 Å². The zero-order valence-corrected chi connectivity index (χ0v) is 15.0. The number of rotatable bonds is 4. The molecule has 0 fully saturated rings. The average molecular weight is 365 g/mol. The Morgan fingerprint density at radius 1 is 1.19 bits per heavy atom. The van der Waals surface area contributed by atoms with Crippen LogP contribution in [0.15, 0.2) is 36.4 Å². The number of hydrogen-bond acceptors (Lipinski definition) is 5. The highest BCUT2D eigenvalue weighted by atomic mass is 16.7. The van der Waals surface area contributed by atoms with E-state index in [-0.39, 0.29) is 18.4 Å². The molecule has 1 amide bonds. The van der Waals surface area contributed by atoms with Crippen molar-refractivity contribution in [2.75, 3.05) is 6.79 Å². The van der Waals surface area contributed by atoms with Crippen molar-refractivity contribution in [2.45, 2.75) is 20.4 Å². The first-order chi connectivity index (χ1) is 13.0. The molecule has 0 unspecified atom stereocenters. The van der Waals surface area contributed by atoms with Crippen LogP contribution in [0.2, 0.25) is 0 Å². The van der Waals surface area contributed by atoms with Crippen molar-refractivity contribution < 1.29 is 19.4 Å². The van der Waals surface area contributed by atoms with Crippen molar-refractivity contribution >= 4 is 5.91 Å². The summed E-state index contributed by atoms with van der Waals surface area (Å²) in [5.74, 6) is 1.27. The maximum atomic E-state index is 12.4. The van der Waals surface area contributed by atoms with Crippen molar-refractivity contribution in [3.8, 4) is 28.5 Å². The second kappa shape index (κ2) is 6.68. The number of ether oxygens (including phenoxy) is 2. The molecular weight excluding hydrogens is 346 g/mol. The molecule has 0 saturated carbocycles. The summed E-state index contributed by atoms with van der Waals surface area (Å²) in [5, 5.41) is 20.1. The number of amides is 1. The van der Waals surface area contributed by atoms with Gasteiger partial charge in [0.05, 0.1) is 5.69 Å². The number of aromatic hydroxyl groups is 1. The molecule has 27 heavy (non-hydrogen) atoms. The number of fused-ring (bicyclic) bond motifs is 1. The topological polar surface area (TPSA) is 96.5 Å². The molecule has 0 saturated heterocycles. The van der Waals surface area contributed by atoms with Crippen LogP contribution in [0.5, 0.6) is 17.2 Å². The minimum atomic E-state index is -0.283. The van der Waals surface area contributed by atoms with Gasteiger partial charge in [-0.2, -0.15) is 5.10 Å². The fraction of sp³-hybridized carbons (Fsp3) is 0.200. The summed E-state index contributed by atoms with van der Waals surface area (Å²) in [6, 6.07) is 10.9. The minimum Gasteiger partial charge on any atom is -0.507 e. The maximum absolute atomic E-state index is 12.4. The van der Waals surface area contributed by atoms with Gasteiger partial charge in [-0.25, -0.2) is 0 Å². The summed E-state index contributed by atoms with van der Waals surface area (Å²) in [5.41, 5.74) is 4.12. The number of aromatic amines is 1. The first-order valence-corrected chi connectivity index (χ1v) is 8.54. The predicted molar refractivity (Wildman–Crippen MR) is 98.9 cm³/mol. The minimum absolute atomic E-state index is 0.175. The van der Waals surface area contributed by atoms with Crippen molar-refractivity contribution in [3.63, 3.8) is 0 Å². The summed E-state index contributed by atoms with van der Waals surface area (Å²) < 4.78 is 10.6. The van der Waals surface area contributed by atoms with E-state index >= 15 is 0 Å². The molecule has 2 heterocycles. The van der Waals surface area contributed by atoms with Gasteiger partial charge in [0.2, 0.25) is 6.79 Å². The molecule has 2 aromatic carbocycles. The molecule has 1 aliphatic heterocycles. The Bertz CT molecular complexity index is 1030. The van der Waals surface area contributed by atoms with Crippen molar-refractivity contribution in [3.05, 3.63) is 58.8 Å². The molecule has 0 aliphatic carbocycles. The van der Waals surface area contributed by atoms with E-state index in [2.05, 4.69) is 15.5 Å². The molecule has 3 aromatic rings. The number of nitrogens with one attached hydrogen (secondary N) is 2. The van der Waals surface area contributed by atoms with Crippen molar-refractivity contribution in [1.29, 1.82) is 0 Å². The summed E-state index contributed by atoms with van der Waals surface area (Å²) in [6.07, 6.45) is 0. The van der Waals surface area contributed by atoms with Crippen LogP contribution in [0.3, 0.4) is 0 Å². The molecule has 0 spiro atoms. The zero-order valence-electron chi connectivity index (χ0n) is 15.0. The number of hydrogen-bond donors (Lipinski definition) is 3. The fourth-order valence-corrected chi connectivity index (χ4v) is 2.91. The van der Waals surface area contributed by atoms with E-state index < -0.39 is 0 Å². The first kappa shape index (κ1) is 17.0.